The number of hydrogen-bond acceptors (Lipinski definition) is 4. The zero-order valence-electron chi connectivity index (χ0n) is 11.8. The molecule has 2 heterocycles. The van der Waals surface area contributed by atoms with Crippen LogP contribution in [-0.4, -0.2) is 40.0 Å². The Kier molecular flexibility index (Phi) is 4.57. The van der Waals surface area contributed by atoms with Gasteiger partial charge in [0.2, 0.25) is 0 Å². The SMILES string of the molecule is O=C(O)[C@H]1CCN(C(=O)c2csc(-c3ccc(Cl)c(Cl)c3)n2)C1. The molecule has 0 aliphatic carbocycles. The van der Waals surface area contributed by atoms with Gasteiger partial charge in [-0.2, -0.15) is 0 Å². The number of carbonyl (C=O) groups is 2. The molecule has 0 unspecified atom stereocenters. The molecule has 1 atom stereocenters. The fourth-order valence-corrected chi connectivity index (χ4v) is 3.53. The van der Waals surface area contributed by atoms with Crippen molar-refractivity contribution >= 4 is 46.4 Å². The molecule has 1 aliphatic heterocycles. The molecule has 1 amide bonds. The van der Waals surface area contributed by atoms with Crippen LogP contribution in [0.4, 0.5) is 0 Å². The van der Waals surface area contributed by atoms with Crippen molar-refractivity contribution in [3.8, 4) is 10.6 Å². The van der Waals surface area contributed by atoms with E-state index in [0.717, 1.165) is 5.56 Å². The third-order valence-corrected chi connectivity index (χ3v) is 5.34. The lowest BCUT2D eigenvalue weighted by Crippen LogP contribution is -2.30. The van der Waals surface area contributed by atoms with Crippen LogP contribution in [0.5, 0.6) is 0 Å². The Morgan fingerprint density at radius 1 is 1.30 bits per heavy atom. The van der Waals surface area contributed by atoms with Crippen LogP contribution in [0.1, 0.15) is 16.9 Å². The first kappa shape index (κ1) is 16.2. The summed E-state index contributed by atoms with van der Waals surface area (Å²) in [5.74, 6) is -1.60. The molecule has 1 saturated heterocycles. The number of carbonyl (C=O) groups excluding carboxylic acids is 1. The lowest BCUT2D eigenvalue weighted by Gasteiger charge is -2.13. The van der Waals surface area contributed by atoms with Crippen molar-refractivity contribution in [2.45, 2.75) is 6.42 Å². The number of aliphatic carboxylic acids is 1. The highest BCUT2D eigenvalue weighted by Crippen LogP contribution is 2.31. The van der Waals surface area contributed by atoms with E-state index in [-0.39, 0.29) is 12.5 Å². The standard InChI is InChI=1S/C15H12Cl2N2O3S/c16-10-2-1-8(5-11(10)17)13-18-12(7-23-13)14(20)19-4-3-9(6-19)15(21)22/h1-2,5,7,9H,3-4,6H2,(H,21,22)/t9-/m0/s1. The maximum Gasteiger partial charge on any atom is 0.308 e. The van der Waals surface area contributed by atoms with Crippen molar-refractivity contribution < 1.29 is 14.7 Å². The normalized spacial score (nSPS) is 17.5. The minimum Gasteiger partial charge on any atom is -0.481 e. The van der Waals surface area contributed by atoms with Gasteiger partial charge >= 0.3 is 5.97 Å². The van der Waals surface area contributed by atoms with Crippen LogP contribution in [0.3, 0.4) is 0 Å². The lowest BCUT2D eigenvalue weighted by atomic mass is 10.1. The fourth-order valence-electron chi connectivity index (χ4n) is 2.44. The van der Waals surface area contributed by atoms with Crippen molar-refractivity contribution in [3.05, 3.63) is 39.3 Å². The van der Waals surface area contributed by atoms with Crippen LogP contribution in [0.2, 0.25) is 10.0 Å². The van der Waals surface area contributed by atoms with Crippen LogP contribution >= 0.6 is 34.5 Å². The summed E-state index contributed by atoms with van der Waals surface area (Å²) in [7, 11) is 0. The van der Waals surface area contributed by atoms with Gasteiger partial charge in [0.05, 0.1) is 16.0 Å². The number of nitrogens with zero attached hydrogens (tertiary/aromatic N) is 2. The van der Waals surface area contributed by atoms with Crippen LogP contribution in [0.25, 0.3) is 10.6 Å². The summed E-state index contributed by atoms with van der Waals surface area (Å²) < 4.78 is 0. The zero-order valence-corrected chi connectivity index (χ0v) is 14.2. The third kappa shape index (κ3) is 3.34. The van der Waals surface area contributed by atoms with Gasteiger partial charge in [0.15, 0.2) is 0 Å². The summed E-state index contributed by atoms with van der Waals surface area (Å²) in [5.41, 5.74) is 1.11. The Bertz CT molecular complexity index is 778. The first-order chi connectivity index (χ1) is 11.0. The van der Waals surface area contributed by atoms with Gasteiger partial charge in [0.1, 0.15) is 10.7 Å². The molecule has 1 N–H and O–H groups in total. The summed E-state index contributed by atoms with van der Waals surface area (Å²) in [6.45, 7) is 0.670. The second-order valence-electron chi connectivity index (χ2n) is 5.24. The number of halogens is 2. The Hall–Kier alpha value is -1.63. The van der Waals surface area contributed by atoms with E-state index in [4.69, 9.17) is 28.3 Å². The highest BCUT2D eigenvalue weighted by atomic mass is 35.5. The van der Waals surface area contributed by atoms with Crippen LogP contribution in [-0.2, 0) is 4.79 Å². The molecule has 0 spiro atoms. The average molecular weight is 371 g/mol. The van der Waals surface area contributed by atoms with Gasteiger partial charge in [-0.3, -0.25) is 9.59 Å². The largest absolute Gasteiger partial charge is 0.481 e. The Morgan fingerprint density at radius 3 is 2.74 bits per heavy atom. The number of carboxylic acid groups (broad SMARTS) is 1. The minimum absolute atomic E-state index is 0.230. The van der Waals surface area contributed by atoms with Crippen molar-refractivity contribution in [2.24, 2.45) is 5.92 Å². The van der Waals surface area contributed by atoms with E-state index in [0.29, 0.717) is 33.7 Å². The van der Waals surface area contributed by atoms with E-state index in [1.165, 1.54) is 16.2 Å². The molecular weight excluding hydrogens is 359 g/mol. The average Bonchev–Trinajstić information content (AvgIpc) is 3.18. The molecule has 0 bridgehead atoms. The molecule has 1 aromatic heterocycles. The number of amides is 1. The predicted molar refractivity (Wildman–Crippen MR) is 89.2 cm³/mol. The van der Waals surface area contributed by atoms with Gasteiger partial charge in [-0.25, -0.2) is 4.98 Å². The van der Waals surface area contributed by atoms with Gasteiger partial charge in [0.25, 0.3) is 5.91 Å². The number of carboxylic acids is 1. The number of rotatable bonds is 3. The van der Waals surface area contributed by atoms with Crippen molar-refractivity contribution in [1.29, 1.82) is 0 Å². The van der Waals surface area contributed by atoms with E-state index >= 15 is 0 Å². The molecule has 1 aliphatic rings. The van der Waals surface area contributed by atoms with E-state index in [9.17, 15) is 9.59 Å². The summed E-state index contributed by atoms with van der Waals surface area (Å²) in [6, 6.07) is 5.17. The summed E-state index contributed by atoms with van der Waals surface area (Å²) in [6.07, 6.45) is 0.477. The van der Waals surface area contributed by atoms with E-state index in [1.54, 1.807) is 23.6 Å². The summed E-state index contributed by atoms with van der Waals surface area (Å²) in [4.78, 5) is 29.3. The second-order valence-corrected chi connectivity index (χ2v) is 6.91. The minimum atomic E-state index is -0.866. The molecule has 2 aromatic rings. The fraction of sp³-hybridized carbons (Fsp3) is 0.267. The highest BCUT2D eigenvalue weighted by molar-refractivity contribution is 7.13. The smallest absolute Gasteiger partial charge is 0.308 e. The highest BCUT2D eigenvalue weighted by Gasteiger charge is 2.32. The van der Waals surface area contributed by atoms with Gasteiger partial charge in [-0.1, -0.05) is 29.3 Å². The van der Waals surface area contributed by atoms with Crippen molar-refractivity contribution in [1.82, 2.24) is 9.88 Å². The predicted octanol–water partition coefficient (Wildman–Crippen LogP) is 3.66. The molecule has 120 valence electrons. The maximum absolute atomic E-state index is 12.4. The van der Waals surface area contributed by atoms with Crippen LogP contribution in [0.15, 0.2) is 23.6 Å². The summed E-state index contributed by atoms with van der Waals surface area (Å²) >= 11 is 13.2. The number of thiazole rings is 1. The summed E-state index contributed by atoms with van der Waals surface area (Å²) in [5, 5.41) is 12.2. The molecule has 0 radical (unpaired) electrons. The van der Waals surface area contributed by atoms with E-state index < -0.39 is 11.9 Å². The molecule has 1 aromatic carbocycles. The van der Waals surface area contributed by atoms with E-state index in [1.807, 2.05) is 0 Å². The van der Waals surface area contributed by atoms with Crippen LogP contribution in [0, 0.1) is 5.92 Å². The number of benzene rings is 1. The quantitative estimate of drug-likeness (QED) is 0.894. The topological polar surface area (TPSA) is 70.5 Å². The molecular formula is C15H12Cl2N2O3S. The van der Waals surface area contributed by atoms with Gasteiger partial charge in [-0.05, 0) is 18.6 Å². The number of aromatic nitrogens is 1. The third-order valence-electron chi connectivity index (χ3n) is 3.71. The van der Waals surface area contributed by atoms with Gasteiger partial charge in [-0.15, -0.1) is 11.3 Å². The van der Waals surface area contributed by atoms with Crippen molar-refractivity contribution in [2.75, 3.05) is 13.1 Å². The maximum atomic E-state index is 12.4. The molecule has 0 saturated carbocycles. The molecule has 8 heteroatoms. The monoisotopic (exact) mass is 370 g/mol. The first-order valence-corrected chi connectivity index (χ1v) is 8.52. The number of likely N-dealkylation sites (tertiary alicyclic amines) is 1. The molecule has 5 nitrogen and oxygen atoms in total. The van der Waals surface area contributed by atoms with Gasteiger partial charge in [0, 0.05) is 24.0 Å². The Balaban J connectivity index is 1.78. The van der Waals surface area contributed by atoms with E-state index in [2.05, 4.69) is 4.98 Å². The van der Waals surface area contributed by atoms with Gasteiger partial charge < -0.3 is 10.0 Å². The molecule has 3 rings (SSSR count). The molecule has 1 fully saturated rings. The van der Waals surface area contributed by atoms with Crippen molar-refractivity contribution in [3.63, 3.8) is 0 Å². The first-order valence-electron chi connectivity index (χ1n) is 6.88. The lowest BCUT2D eigenvalue weighted by molar-refractivity contribution is -0.141. The Labute approximate surface area is 146 Å². The molecule has 23 heavy (non-hydrogen) atoms. The Morgan fingerprint density at radius 2 is 2.09 bits per heavy atom. The number of hydrogen-bond donors (Lipinski definition) is 1. The van der Waals surface area contributed by atoms with Crippen LogP contribution < -0.4 is 0 Å². The second kappa shape index (κ2) is 6.47. The zero-order chi connectivity index (χ0) is 16.6.